The molecule has 1 aromatic rings. The van der Waals surface area contributed by atoms with Crippen LogP contribution in [0, 0.1) is 0 Å². The number of benzene rings is 1. The molecule has 21 heavy (non-hydrogen) atoms. The Morgan fingerprint density at radius 2 is 2.00 bits per heavy atom. The first-order valence-corrected chi connectivity index (χ1v) is 8.25. The van der Waals surface area contributed by atoms with Gasteiger partial charge < -0.3 is 19.3 Å². The monoisotopic (exact) mass is 316 g/mol. The number of aromatic carboxylic acids is 1. The molecule has 1 N–H and O–H groups in total. The van der Waals surface area contributed by atoms with E-state index < -0.39 is 15.8 Å². The maximum absolute atomic E-state index is 11.4. The van der Waals surface area contributed by atoms with E-state index >= 15 is 0 Å². The summed E-state index contributed by atoms with van der Waals surface area (Å²) in [4.78, 5) is 11.2. The van der Waals surface area contributed by atoms with Gasteiger partial charge in [-0.2, -0.15) is 0 Å². The third-order valence-electron chi connectivity index (χ3n) is 3.00. The van der Waals surface area contributed by atoms with E-state index in [9.17, 15) is 13.2 Å². The van der Waals surface area contributed by atoms with Crippen LogP contribution in [0.2, 0.25) is 0 Å². The van der Waals surface area contributed by atoms with Crippen molar-refractivity contribution < 1.29 is 32.5 Å². The van der Waals surface area contributed by atoms with E-state index in [1.54, 1.807) is 6.92 Å². The maximum Gasteiger partial charge on any atom is 0.339 e. The van der Waals surface area contributed by atoms with Crippen molar-refractivity contribution in [1.82, 2.24) is 0 Å². The van der Waals surface area contributed by atoms with Crippen LogP contribution >= 0.6 is 0 Å². The molecular weight excluding hydrogens is 300 g/mol. The molecule has 2 rings (SSSR count). The first kappa shape index (κ1) is 15.4. The standard InChI is InChI=1S/C13H16O7S/c1-2-21(16,17)5-3-4-18-10-7-12-11(19-8-20-12)6-9(10)13(14)15/h6-7H,2-5,8H2,1H3,(H,14,15). The van der Waals surface area contributed by atoms with Crippen LogP contribution in [0.15, 0.2) is 12.1 Å². The first-order valence-electron chi connectivity index (χ1n) is 6.43. The van der Waals surface area contributed by atoms with Crippen LogP contribution in [-0.2, 0) is 9.84 Å². The minimum atomic E-state index is -3.05. The SMILES string of the molecule is CCS(=O)(=O)CCCOc1cc2c(cc1C(=O)O)OCO2. The number of carboxylic acids is 1. The van der Waals surface area contributed by atoms with Gasteiger partial charge in [0.2, 0.25) is 6.79 Å². The maximum atomic E-state index is 11.4. The van der Waals surface area contributed by atoms with E-state index in [4.69, 9.17) is 19.3 Å². The molecule has 8 heteroatoms. The van der Waals surface area contributed by atoms with Gasteiger partial charge in [-0.05, 0) is 6.42 Å². The van der Waals surface area contributed by atoms with Gasteiger partial charge in [-0.15, -0.1) is 0 Å². The summed E-state index contributed by atoms with van der Waals surface area (Å²) in [5, 5.41) is 9.15. The number of ether oxygens (including phenoxy) is 3. The lowest BCUT2D eigenvalue weighted by atomic mass is 10.2. The van der Waals surface area contributed by atoms with Gasteiger partial charge in [0, 0.05) is 17.9 Å². The molecule has 0 saturated heterocycles. The average molecular weight is 316 g/mol. The van der Waals surface area contributed by atoms with Crippen LogP contribution in [-0.4, -0.2) is 44.4 Å². The van der Waals surface area contributed by atoms with Crippen molar-refractivity contribution in [1.29, 1.82) is 0 Å². The van der Waals surface area contributed by atoms with Crippen LogP contribution < -0.4 is 14.2 Å². The summed E-state index contributed by atoms with van der Waals surface area (Å²) in [7, 11) is -3.05. The fraction of sp³-hybridized carbons (Fsp3) is 0.462. The minimum Gasteiger partial charge on any atom is -0.493 e. The Bertz CT molecular complexity index is 636. The Labute approximate surface area is 122 Å². The normalized spacial score (nSPS) is 13.2. The summed E-state index contributed by atoms with van der Waals surface area (Å²) in [5.41, 5.74) is -0.0439. The van der Waals surface area contributed by atoms with Gasteiger partial charge in [0.25, 0.3) is 0 Å². The molecule has 7 nitrogen and oxygen atoms in total. The van der Waals surface area contributed by atoms with E-state index in [1.165, 1.54) is 12.1 Å². The average Bonchev–Trinajstić information content (AvgIpc) is 2.89. The lowest BCUT2D eigenvalue weighted by Crippen LogP contribution is -2.12. The summed E-state index contributed by atoms with van der Waals surface area (Å²) < 4.78 is 38.4. The van der Waals surface area contributed by atoms with Crippen LogP contribution in [0.25, 0.3) is 0 Å². The second-order valence-electron chi connectivity index (χ2n) is 4.45. The molecule has 0 atom stereocenters. The first-order chi connectivity index (χ1) is 9.93. The summed E-state index contributed by atoms with van der Waals surface area (Å²) >= 11 is 0. The number of fused-ring (bicyclic) bond motifs is 1. The van der Waals surface area contributed by atoms with Crippen molar-refractivity contribution in [2.75, 3.05) is 24.9 Å². The molecule has 0 spiro atoms. The molecule has 1 aliphatic heterocycles. The molecular formula is C13H16O7S. The molecule has 0 aliphatic carbocycles. The fourth-order valence-electron chi connectivity index (χ4n) is 1.82. The number of carboxylic acid groups (broad SMARTS) is 1. The van der Waals surface area contributed by atoms with Crippen molar-refractivity contribution in [3.05, 3.63) is 17.7 Å². The second kappa shape index (κ2) is 6.21. The molecule has 0 fully saturated rings. The van der Waals surface area contributed by atoms with Crippen LogP contribution in [0.4, 0.5) is 0 Å². The summed E-state index contributed by atoms with van der Waals surface area (Å²) in [6, 6.07) is 2.78. The zero-order chi connectivity index (χ0) is 15.5. The Hall–Kier alpha value is -1.96. The van der Waals surface area contributed by atoms with Gasteiger partial charge in [0.15, 0.2) is 11.5 Å². The fourth-order valence-corrected chi connectivity index (χ4v) is 2.66. The highest BCUT2D eigenvalue weighted by atomic mass is 32.2. The van der Waals surface area contributed by atoms with Gasteiger partial charge in [-0.3, -0.25) is 0 Å². The van der Waals surface area contributed by atoms with Crippen LogP contribution in [0.5, 0.6) is 17.2 Å². The smallest absolute Gasteiger partial charge is 0.339 e. The van der Waals surface area contributed by atoms with Crippen LogP contribution in [0.3, 0.4) is 0 Å². The Morgan fingerprint density at radius 3 is 2.62 bits per heavy atom. The molecule has 0 radical (unpaired) electrons. The lowest BCUT2D eigenvalue weighted by molar-refractivity contribution is 0.0691. The van der Waals surface area contributed by atoms with Crippen molar-refractivity contribution >= 4 is 15.8 Å². The zero-order valence-corrected chi connectivity index (χ0v) is 12.3. The molecule has 0 aromatic heterocycles. The van der Waals surface area contributed by atoms with Crippen molar-refractivity contribution in [2.45, 2.75) is 13.3 Å². The van der Waals surface area contributed by atoms with Gasteiger partial charge in [0.05, 0.1) is 12.4 Å². The molecule has 0 saturated carbocycles. The van der Waals surface area contributed by atoms with E-state index in [1.807, 2.05) is 0 Å². The van der Waals surface area contributed by atoms with Crippen molar-refractivity contribution in [3.8, 4) is 17.2 Å². The number of hydrogen-bond donors (Lipinski definition) is 1. The number of hydrogen-bond acceptors (Lipinski definition) is 6. The molecule has 1 aliphatic rings. The van der Waals surface area contributed by atoms with Gasteiger partial charge in [-0.1, -0.05) is 6.92 Å². The lowest BCUT2D eigenvalue weighted by Gasteiger charge is -2.10. The molecule has 116 valence electrons. The number of sulfone groups is 1. The van der Waals surface area contributed by atoms with Crippen LogP contribution in [0.1, 0.15) is 23.7 Å². The number of carbonyl (C=O) groups is 1. The van der Waals surface area contributed by atoms with Crippen molar-refractivity contribution in [3.63, 3.8) is 0 Å². The van der Waals surface area contributed by atoms with E-state index in [-0.39, 0.29) is 36.2 Å². The largest absolute Gasteiger partial charge is 0.493 e. The molecule has 1 heterocycles. The predicted octanol–water partition coefficient (Wildman–Crippen LogP) is 1.32. The predicted molar refractivity (Wildman–Crippen MR) is 74.0 cm³/mol. The molecule has 0 amide bonds. The van der Waals surface area contributed by atoms with Gasteiger partial charge >= 0.3 is 5.97 Å². The van der Waals surface area contributed by atoms with Crippen molar-refractivity contribution in [2.24, 2.45) is 0 Å². The molecule has 1 aromatic carbocycles. The van der Waals surface area contributed by atoms with Gasteiger partial charge in [-0.25, -0.2) is 13.2 Å². The van der Waals surface area contributed by atoms with Gasteiger partial charge in [0.1, 0.15) is 21.2 Å². The van der Waals surface area contributed by atoms with E-state index in [0.717, 1.165) is 0 Å². The molecule has 0 bridgehead atoms. The molecule has 0 unspecified atom stereocenters. The quantitative estimate of drug-likeness (QED) is 0.757. The van der Waals surface area contributed by atoms with E-state index in [0.29, 0.717) is 17.9 Å². The highest BCUT2D eigenvalue weighted by Crippen LogP contribution is 2.38. The summed E-state index contributed by atoms with van der Waals surface area (Å²) in [6.45, 7) is 1.72. The minimum absolute atomic E-state index is 0.0104. The number of rotatable bonds is 7. The Morgan fingerprint density at radius 1 is 1.33 bits per heavy atom. The summed E-state index contributed by atoms with van der Waals surface area (Å²) in [5.74, 6) is -0.150. The van der Waals surface area contributed by atoms with E-state index in [2.05, 4.69) is 0 Å². The third kappa shape index (κ3) is 3.78. The third-order valence-corrected chi connectivity index (χ3v) is 4.79. The summed E-state index contributed by atoms with van der Waals surface area (Å²) in [6.07, 6.45) is 0.295. The highest BCUT2D eigenvalue weighted by Gasteiger charge is 2.21. The zero-order valence-electron chi connectivity index (χ0n) is 11.5. The Balaban J connectivity index is 2.04. The highest BCUT2D eigenvalue weighted by molar-refractivity contribution is 7.91. The Kier molecular flexibility index (Phi) is 4.56. The second-order valence-corrected chi connectivity index (χ2v) is 6.92. The topological polar surface area (TPSA) is 99.1 Å².